The van der Waals surface area contributed by atoms with E-state index in [0.717, 1.165) is 16.5 Å². The van der Waals surface area contributed by atoms with E-state index in [0.29, 0.717) is 19.0 Å². The molecule has 0 aromatic heterocycles. The fourth-order valence-corrected chi connectivity index (χ4v) is 1.73. The van der Waals surface area contributed by atoms with Crippen molar-refractivity contribution in [3.8, 4) is 5.75 Å². The van der Waals surface area contributed by atoms with Gasteiger partial charge in [-0.05, 0) is 18.6 Å². The summed E-state index contributed by atoms with van der Waals surface area (Å²) in [6.45, 7) is 2.99. The van der Waals surface area contributed by atoms with Gasteiger partial charge in [0.25, 0.3) is 0 Å². The predicted molar refractivity (Wildman–Crippen MR) is 66.8 cm³/mol. The zero-order valence-electron chi connectivity index (χ0n) is 9.57. The molecule has 3 nitrogen and oxygen atoms in total. The highest BCUT2D eigenvalue weighted by Crippen LogP contribution is 2.28. The van der Waals surface area contributed by atoms with E-state index in [1.165, 1.54) is 0 Å². The van der Waals surface area contributed by atoms with E-state index in [4.69, 9.17) is 9.47 Å². The zero-order valence-corrected chi connectivity index (χ0v) is 11.2. The van der Waals surface area contributed by atoms with Gasteiger partial charge in [-0.25, -0.2) is 0 Å². The molecule has 1 atom stereocenters. The van der Waals surface area contributed by atoms with Crippen LogP contribution in [0.3, 0.4) is 0 Å². The quantitative estimate of drug-likeness (QED) is 0.818. The minimum Gasteiger partial charge on any atom is -0.496 e. The van der Waals surface area contributed by atoms with Crippen LogP contribution in [0.2, 0.25) is 0 Å². The van der Waals surface area contributed by atoms with Gasteiger partial charge in [-0.3, -0.25) is 0 Å². The molecule has 1 rings (SSSR count). The topological polar surface area (TPSA) is 38.7 Å². The molecule has 0 heterocycles. The van der Waals surface area contributed by atoms with Gasteiger partial charge in [0, 0.05) is 16.6 Å². The van der Waals surface area contributed by atoms with Crippen molar-refractivity contribution in [2.75, 3.05) is 20.3 Å². The number of benzene rings is 1. The maximum Gasteiger partial charge on any atom is 0.125 e. The molecule has 0 fully saturated rings. The maximum atomic E-state index is 9.93. The lowest BCUT2D eigenvalue weighted by molar-refractivity contribution is 0.0352. The average Bonchev–Trinajstić information content (AvgIpc) is 2.29. The molecule has 90 valence electrons. The van der Waals surface area contributed by atoms with Crippen LogP contribution < -0.4 is 4.74 Å². The maximum absolute atomic E-state index is 9.93. The molecule has 0 aliphatic rings. The SMILES string of the molecule is CCCOCC(O)c1ccc(Br)cc1OC. The van der Waals surface area contributed by atoms with Gasteiger partial charge in [0.05, 0.1) is 13.7 Å². The van der Waals surface area contributed by atoms with Crippen LogP contribution >= 0.6 is 15.9 Å². The number of ether oxygens (including phenoxy) is 2. The molecular weight excluding hydrogens is 272 g/mol. The summed E-state index contributed by atoms with van der Waals surface area (Å²) in [7, 11) is 1.59. The number of hydrogen-bond acceptors (Lipinski definition) is 3. The van der Waals surface area contributed by atoms with Crippen molar-refractivity contribution < 1.29 is 14.6 Å². The van der Waals surface area contributed by atoms with E-state index < -0.39 is 6.10 Å². The van der Waals surface area contributed by atoms with Crippen LogP contribution in [0.15, 0.2) is 22.7 Å². The molecule has 1 N–H and O–H groups in total. The highest BCUT2D eigenvalue weighted by Gasteiger charge is 2.13. The van der Waals surface area contributed by atoms with Crippen molar-refractivity contribution in [2.24, 2.45) is 0 Å². The Kier molecular flexibility index (Phi) is 5.80. The Morgan fingerprint density at radius 1 is 1.44 bits per heavy atom. The molecule has 0 spiro atoms. The van der Waals surface area contributed by atoms with Crippen LogP contribution in [0.4, 0.5) is 0 Å². The fraction of sp³-hybridized carbons (Fsp3) is 0.500. The number of aliphatic hydroxyl groups is 1. The molecule has 0 amide bonds. The second kappa shape index (κ2) is 6.89. The summed E-state index contributed by atoms with van der Waals surface area (Å²) < 4.78 is 11.4. The summed E-state index contributed by atoms with van der Waals surface area (Å²) in [6, 6.07) is 5.54. The molecule has 0 bridgehead atoms. The fourth-order valence-electron chi connectivity index (χ4n) is 1.39. The summed E-state index contributed by atoms with van der Waals surface area (Å²) in [5.74, 6) is 0.668. The molecule has 0 saturated heterocycles. The largest absolute Gasteiger partial charge is 0.496 e. The van der Waals surface area contributed by atoms with Gasteiger partial charge in [0.1, 0.15) is 11.9 Å². The van der Waals surface area contributed by atoms with Gasteiger partial charge in [-0.1, -0.05) is 28.9 Å². The molecule has 1 aromatic rings. The first kappa shape index (κ1) is 13.5. The number of methoxy groups -OCH3 is 1. The van der Waals surface area contributed by atoms with Crippen LogP contribution in [0, 0.1) is 0 Å². The number of halogens is 1. The monoisotopic (exact) mass is 288 g/mol. The molecule has 0 aliphatic carbocycles. The van der Waals surface area contributed by atoms with Gasteiger partial charge in [-0.2, -0.15) is 0 Å². The third kappa shape index (κ3) is 3.77. The van der Waals surface area contributed by atoms with E-state index in [9.17, 15) is 5.11 Å². The number of rotatable bonds is 6. The minimum absolute atomic E-state index is 0.297. The van der Waals surface area contributed by atoms with Crippen molar-refractivity contribution in [1.29, 1.82) is 0 Å². The van der Waals surface area contributed by atoms with E-state index >= 15 is 0 Å². The third-order valence-electron chi connectivity index (χ3n) is 2.18. The van der Waals surface area contributed by atoms with Crippen molar-refractivity contribution in [2.45, 2.75) is 19.4 Å². The highest BCUT2D eigenvalue weighted by atomic mass is 79.9. The minimum atomic E-state index is -0.644. The first-order valence-electron chi connectivity index (χ1n) is 5.28. The Morgan fingerprint density at radius 3 is 2.81 bits per heavy atom. The number of aliphatic hydroxyl groups excluding tert-OH is 1. The first-order chi connectivity index (χ1) is 7.69. The molecule has 0 aliphatic heterocycles. The molecule has 16 heavy (non-hydrogen) atoms. The predicted octanol–water partition coefficient (Wildman–Crippen LogP) is 2.92. The van der Waals surface area contributed by atoms with Crippen LogP contribution in [-0.2, 0) is 4.74 Å². The first-order valence-corrected chi connectivity index (χ1v) is 6.07. The second-order valence-corrected chi connectivity index (χ2v) is 4.39. The standard InChI is InChI=1S/C12H17BrO3/c1-3-6-16-8-11(14)10-5-4-9(13)7-12(10)15-2/h4-5,7,11,14H,3,6,8H2,1-2H3. The van der Waals surface area contributed by atoms with Crippen LogP contribution in [0.5, 0.6) is 5.75 Å². The van der Waals surface area contributed by atoms with Crippen LogP contribution in [0.25, 0.3) is 0 Å². The third-order valence-corrected chi connectivity index (χ3v) is 2.67. The molecule has 1 unspecified atom stereocenters. The zero-order chi connectivity index (χ0) is 12.0. The van der Waals surface area contributed by atoms with Gasteiger partial charge in [0.2, 0.25) is 0 Å². The van der Waals surface area contributed by atoms with Crippen molar-refractivity contribution in [3.05, 3.63) is 28.2 Å². The lowest BCUT2D eigenvalue weighted by atomic mass is 10.1. The van der Waals surface area contributed by atoms with Crippen LogP contribution in [-0.4, -0.2) is 25.4 Å². The Hall–Kier alpha value is -0.580. The van der Waals surface area contributed by atoms with Crippen LogP contribution in [0.1, 0.15) is 25.0 Å². The van der Waals surface area contributed by atoms with E-state index in [1.54, 1.807) is 7.11 Å². The molecule has 1 aromatic carbocycles. The van der Waals surface area contributed by atoms with Gasteiger partial charge in [0.15, 0.2) is 0 Å². The molecule has 4 heteroatoms. The molecule has 0 radical (unpaired) electrons. The van der Waals surface area contributed by atoms with Gasteiger partial charge < -0.3 is 14.6 Å². The van der Waals surface area contributed by atoms with E-state index in [2.05, 4.69) is 15.9 Å². The normalized spacial score (nSPS) is 12.5. The summed E-state index contributed by atoms with van der Waals surface area (Å²) >= 11 is 3.36. The van der Waals surface area contributed by atoms with Crippen molar-refractivity contribution in [3.63, 3.8) is 0 Å². The molecular formula is C12H17BrO3. The Morgan fingerprint density at radius 2 is 2.19 bits per heavy atom. The summed E-state index contributed by atoms with van der Waals surface area (Å²) in [4.78, 5) is 0. The van der Waals surface area contributed by atoms with Crippen molar-refractivity contribution in [1.82, 2.24) is 0 Å². The van der Waals surface area contributed by atoms with E-state index in [1.807, 2.05) is 25.1 Å². The highest BCUT2D eigenvalue weighted by molar-refractivity contribution is 9.10. The lowest BCUT2D eigenvalue weighted by Crippen LogP contribution is -2.09. The molecule has 0 saturated carbocycles. The number of hydrogen-bond donors (Lipinski definition) is 1. The smallest absolute Gasteiger partial charge is 0.125 e. The van der Waals surface area contributed by atoms with Gasteiger partial charge >= 0.3 is 0 Å². The summed E-state index contributed by atoms with van der Waals surface area (Å²) in [6.07, 6.45) is 0.305. The van der Waals surface area contributed by atoms with E-state index in [-0.39, 0.29) is 0 Å². The Balaban J connectivity index is 2.70. The summed E-state index contributed by atoms with van der Waals surface area (Å²) in [5, 5.41) is 9.93. The Bertz CT molecular complexity index is 328. The second-order valence-electron chi connectivity index (χ2n) is 3.48. The van der Waals surface area contributed by atoms with Crippen molar-refractivity contribution >= 4 is 15.9 Å². The average molecular weight is 289 g/mol. The van der Waals surface area contributed by atoms with Gasteiger partial charge in [-0.15, -0.1) is 0 Å². The summed E-state index contributed by atoms with van der Waals surface area (Å²) in [5.41, 5.74) is 0.752. The lowest BCUT2D eigenvalue weighted by Gasteiger charge is -2.15. The Labute approximate surface area is 105 Å².